The monoisotopic (exact) mass is 446 g/mol. The van der Waals surface area contributed by atoms with E-state index in [4.69, 9.17) is 28.4 Å². The molecule has 6 nitrogen and oxygen atoms in total. The SMILES string of the molecule is c1ccc(CO[C@H]2O[C@@H]3COC(c4ccccc4)O[C@H]3[C@@H]3OC(c4ccccc4)O[C@H]23)cc1. The van der Waals surface area contributed by atoms with Crippen LogP contribution in [0.15, 0.2) is 91.0 Å². The first kappa shape index (κ1) is 21.0. The van der Waals surface area contributed by atoms with E-state index in [0.29, 0.717) is 13.2 Å². The maximum atomic E-state index is 6.42. The predicted octanol–water partition coefficient (Wildman–Crippen LogP) is 4.53. The third-order valence-corrected chi connectivity index (χ3v) is 6.25. The second-order valence-electron chi connectivity index (χ2n) is 8.46. The molecule has 6 rings (SSSR count). The van der Waals surface area contributed by atoms with Gasteiger partial charge in [-0.3, -0.25) is 0 Å². The molecule has 3 saturated heterocycles. The topological polar surface area (TPSA) is 55.4 Å². The van der Waals surface area contributed by atoms with Crippen molar-refractivity contribution >= 4 is 0 Å². The fraction of sp³-hybridized carbons (Fsp3) is 0.333. The van der Waals surface area contributed by atoms with Gasteiger partial charge in [0.25, 0.3) is 0 Å². The van der Waals surface area contributed by atoms with Crippen LogP contribution < -0.4 is 0 Å². The minimum absolute atomic E-state index is 0.315. The second kappa shape index (κ2) is 9.35. The Hall–Kier alpha value is -2.58. The van der Waals surface area contributed by atoms with Crippen LogP contribution in [0.2, 0.25) is 0 Å². The summed E-state index contributed by atoms with van der Waals surface area (Å²) in [5, 5.41) is 0. The van der Waals surface area contributed by atoms with E-state index in [2.05, 4.69) is 0 Å². The molecule has 0 spiro atoms. The summed E-state index contributed by atoms with van der Waals surface area (Å²) in [6.45, 7) is 0.803. The molecule has 3 aliphatic heterocycles. The van der Waals surface area contributed by atoms with Crippen LogP contribution >= 0.6 is 0 Å². The zero-order valence-corrected chi connectivity index (χ0v) is 18.1. The minimum Gasteiger partial charge on any atom is -0.346 e. The number of hydrogen-bond donors (Lipinski definition) is 0. The third-order valence-electron chi connectivity index (χ3n) is 6.25. The van der Waals surface area contributed by atoms with Crippen molar-refractivity contribution in [1.29, 1.82) is 0 Å². The summed E-state index contributed by atoms with van der Waals surface area (Å²) in [6.07, 6.45) is -2.99. The number of hydrogen-bond acceptors (Lipinski definition) is 6. The lowest BCUT2D eigenvalue weighted by molar-refractivity contribution is -0.348. The molecule has 3 aromatic rings. The fourth-order valence-electron chi connectivity index (χ4n) is 4.60. The van der Waals surface area contributed by atoms with Crippen LogP contribution in [0.25, 0.3) is 0 Å². The van der Waals surface area contributed by atoms with Crippen LogP contribution in [0.3, 0.4) is 0 Å². The number of rotatable bonds is 5. The summed E-state index contributed by atoms with van der Waals surface area (Å²) >= 11 is 0. The molecule has 3 fully saturated rings. The van der Waals surface area contributed by atoms with E-state index in [9.17, 15) is 0 Å². The molecule has 6 heteroatoms. The van der Waals surface area contributed by atoms with E-state index >= 15 is 0 Å². The average molecular weight is 446 g/mol. The molecule has 3 aromatic carbocycles. The maximum absolute atomic E-state index is 6.42. The summed E-state index contributed by atoms with van der Waals surface area (Å²) in [5.41, 5.74) is 2.99. The molecular weight excluding hydrogens is 420 g/mol. The smallest absolute Gasteiger partial charge is 0.187 e. The van der Waals surface area contributed by atoms with E-state index in [0.717, 1.165) is 16.7 Å². The molecule has 0 amide bonds. The zero-order valence-electron chi connectivity index (χ0n) is 18.1. The van der Waals surface area contributed by atoms with Gasteiger partial charge in [0.1, 0.15) is 24.4 Å². The number of benzene rings is 3. The average Bonchev–Trinajstić information content (AvgIpc) is 3.35. The van der Waals surface area contributed by atoms with E-state index in [-0.39, 0.29) is 18.3 Å². The van der Waals surface area contributed by atoms with Gasteiger partial charge in [-0.2, -0.15) is 0 Å². The molecule has 3 heterocycles. The van der Waals surface area contributed by atoms with Crippen LogP contribution in [0, 0.1) is 0 Å². The lowest BCUT2D eigenvalue weighted by Gasteiger charge is -2.45. The Balaban J connectivity index is 1.24. The van der Waals surface area contributed by atoms with Gasteiger partial charge in [0.2, 0.25) is 0 Å². The van der Waals surface area contributed by atoms with Gasteiger partial charge in [-0.15, -0.1) is 0 Å². The van der Waals surface area contributed by atoms with Crippen molar-refractivity contribution < 1.29 is 28.4 Å². The molecule has 0 aromatic heterocycles. The van der Waals surface area contributed by atoms with Crippen molar-refractivity contribution in [2.24, 2.45) is 0 Å². The van der Waals surface area contributed by atoms with Crippen molar-refractivity contribution in [3.8, 4) is 0 Å². The van der Waals surface area contributed by atoms with E-state index in [1.165, 1.54) is 0 Å². The molecule has 0 bridgehead atoms. The predicted molar refractivity (Wildman–Crippen MR) is 119 cm³/mol. The summed E-state index contributed by atoms with van der Waals surface area (Å²) in [4.78, 5) is 0. The Morgan fingerprint density at radius 2 is 1.18 bits per heavy atom. The van der Waals surface area contributed by atoms with Gasteiger partial charge in [-0.25, -0.2) is 0 Å². The molecule has 3 aliphatic rings. The van der Waals surface area contributed by atoms with Gasteiger partial charge >= 0.3 is 0 Å². The van der Waals surface area contributed by atoms with Gasteiger partial charge in [0.15, 0.2) is 18.9 Å². The summed E-state index contributed by atoms with van der Waals surface area (Å²) in [7, 11) is 0. The van der Waals surface area contributed by atoms with E-state index in [1.54, 1.807) is 0 Å². The first-order valence-corrected chi connectivity index (χ1v) is 11.3. The summed E-state index contributed by atoms with van der Waals surface area (Å²) in [5.74, 6) is 0. The zero-order chi connectivity index (χ0) is 22.0. The van der Waals surface area contributed by atoms with Crippen molar-refractivity contribution in [3.05, 3.63) is 108 Å². The molecule has 0 aliphatic carbocycles. The van der Waals surface area contributed by atoms with Gasteiger partial charge < -0.3 is 28.4 Å². The molecule has 7 atom stereocenters. The lowest BCUT2D eigenvalue weighted by Crippen LogP contribution is -2.61. The second-order valence-corrected chi connectivity index (χ2v) is 8.46. The quantitative estimate of drug-likeness (QED) is 0.574. The van der Waals surface area contributed by atoms with Crippen molar-refractivity contribution in [3.63, 3.8) is 0 Å². The fourth-order valence-corrected chi connectivity index (χ4v) is 4.60. The van der Waals surface area contributed by atoms with E-state index < -0.39 is 25.0 Å². The van der Waals surface area contributed by atoms with Crippen LogP contribution in [0.5, 0.6) is 0 Å². The summed E-state index contributed by atoms with van der Waals surface area (Å²) in [6, 6.07) is 29.9. The van der Waals surface area contributed by atoms with Crippen molar-refractivity contribution in [2.45, 2.75) is 49.9 Å². The van der Waals surface area contributed by atoms with Gasteiger partial charge in [-0.05, 0) is 5.56 Å². The van der Waals surface area contributed by atoms with Gasteiger partial charge in [0, 0.05) is 11.1 Å². The highest BCUT2D eigenvalue weighted by Gasteiger charge is 2.56. The van der Waals surface area contributed by atoms with Crippen LogP contribution in [0.4, 0.5) is 0 Å². The normalized spacial score (nSPS) is 33.3. The largest absolute Gasteiger partial charge is 0.346 e. The molecule has 0 N–H and O–H groups in total. The number of fused-ring (bicyclic) bond motifs is 3. The summed E-state index contributed by atoms with van der Waals surface area (Å²) < 4.78 is 37.7. The van der Waals surface area contributed by atoms with E-state index in [1.807, 2.05) is 91.0 Å². The van der Waals surface area contributed by atoms with Crippen LogP contribution in [-0.4, -0.2) is 37.3 Å². The van der Waals surface area contributed by atoms with Crippen LogP contribution in [-0.2, 0) is 35.0 Å². The lowest BCUT2D eigenvalue weighted by atomic mass is 9.98. The Morgan fingerprint density at radius 1 is 0.606 bits per heavy atom. The molecule has 2 unspecified atom stereocenters. The third kappa shape index (κ3) is 4.34. The highest BCUT2D eigenvalue weighted by atomic mass is 16.8. The Labute approximate surface area is 192 Å². The first-order valence-electron chi connectivity index (χ1n) is 11.3. The first-order chi connectivity index (χ1) is 16.3. The van der Waals surface area contributed by atoms with Crippen molar-refractivity contribution in [1.82, 2.24) is 0 Å². The molecule has 170 valence electrons. The Morgan fingerprint density at radius 3 is 1.88 bits per heavy atom. The highest BCUT2D eigenvalue weighted by Crippen LogP contribution is 2.43. The number of ether oxygens (including phenoxy) is 6. The Kier molecular flexibility index (Phi) is 5.94. The minimum atomic E-state index is -0.592. The van der Waals surface area contributed by atoms with Crippen LogP contribution in [0.1, 0.15) is 29.3 Å². The maximum Gasteiger partial charge on any atom is 0.187 e. The Bertz CT molecular complexity index is 1030. The molecule has 33 heavy (non-hydrogen) atoms. The molecular formula is C27H26O6. The van der Waals surface area contributed by atoms with Crippen molar-refractivity contribution in [2.75, 3.05) is 6.61 Å². The van der Waals surface area contributed by atoms with Gasteiger partial charge in [-0.1, -0.05) is 91.0 Å². The molecule has 0 saturated carbocycles. The molecule has 0 radical (unpaired) electrons. The standard InChI is InChI=1S/C27H26O6/c1-4-10-18(11-5-1)16-28-27-24-23(32-26(33-24)20-14-8-3-9-15-20)22-21(30-27)17-29-25(31-22)19-12-6-2-7-13-19/h1-15,21-27H,16-17H2/t21-,22-,23+,24+,25?,26?,27+/m1/s1. The highest BCUT2D eigenvalue weighted by molar-refractivity contribution is 5.19. The van der Waals surface area contributed by atoms with Gasteiger partial charge in [0.05, 0.1) is 13.2 Å².